The summed E-state index contributed by atoms with van der Waals surface area (Å²) in [6, 6.07) is 11.3. The maximum Gasteiger partial charge on any atom is 0.229 e. The minimum atomic E-state index is 0.0781. The molecule has 0 saturated carbocycles. The summed E-state index contributed by atoms with van der Waals surface area (Å²) in [4.78, 5) is 20.7. The smallest absolute Gasteiger partial charge is 0.229 e. The molecule has 1 aliphatic heterocycles. The molecule has 3 heterocycles. The molecule has 1 atom stereocenters. The molecule has 1 aromatic carbocycles. The van der Waals surface area contributed by atoms with Gasteiger partial charge in [-0.15, -0.1) is 22.7 Å². The lowest BCUT2D eigenvalue weighted by atomic mass is 10.2. The summed E-state index contributed by atoms with van der Waals surface area (Å²) in [7, 11) is 0. The maximum atomic E-state index is 13.0. The molecule has 1 amide bonds. The van der Waals surface area contributed by atoms with Crippen molar-refractivity contribution >= 4 is 40.2 Å². The van der Waals surface area contributed by atoms with E-state index in [1.54, 1.807) is 23.5 Å². The highest BCUT2D eigenvalue weighted by atomic mass is 35.5. The third-order valence-corrected chi connectivity index (χ3v) is 6.82. The Balaban J connectivity index is 1.35. The van der Waals surface area contributed by atoms with E-state index in [0.29, 0.717) is 24.7 Å². The van der Waals surface area contributed by atoms with E-state index in [1.807, 2.05) is 33.9 Å². The Labute approximate surface area is 189 Å². The molecule has 2 aromatic heterocycles. The van der Waals surface area contributed by atoms with Gasteiger partial charge in [0.25, 0.3) is 0 Å². The van der Waals surface area contributed by atoms with E-state index in [2.05, 4.69) is 11.1 Å². The fraction of sp³-hybridized carbons (Fsp3) is 0.364. The minimum absolute atomic E-state index is 0.0781. The van der Waals surface area contributed by atoms with Crippen LogP contribution in [0.3, 0.4) is 0 Å². The second kappa shape index (κ2) is 10.4. The molecular weight excluding hydrogens is 440 g/mol. The van der Waals surface area contributed by atoms with Crippen molar-refractivity contribution in [1.29, 1.82) is 0 Å². The van der Waals surface area contributed by atoms with Gasteiger partial charge in [0, 0.05) is 28.4 Å². The minimum Gasteiger partial charge on any atom is -0.486 e. The van der Waals surface area contributed by atoms with Gasteiger partial charge in [-0.2, -0.15) is 0 Å². The number of hydrogen-bond donors (Lipinski definition) is 0. The van der Waals surface area contributed by atoms with Gasteiger partial charge >= 0.3 is 0 Å². The number of carbonyl (C=O) groups is 1. The average molecular weight is 463 g/mol. The number of thiophene rings is 1. The zero-order chi connectivity index (χ0) is 20.8. The lowest BCUT2D eigenvalue weighted by molar-refractivity contribution is -0.132. The Bertz CT molecular complexity index is 938. The fourth-order valence-electron chi connectivity index (χ4n) is 3.32. The molecule has 5 nitrogen and oxygen atoms in total. The van der Waals surface area contributed by atoms with E-state index in [4.69, 9.17) is 21.1 Å². The van der Waals surface area contributed by atoms with Crippen molar-refractivity contribution in [3.63, 3.8) is 0 Å². The summed E-state index contributed by atoms with van der Waals surface area (Å²) in [5.74, 6) is 0.820. The molecule has 30 heavy (non-hydrogen) atoms. The first kappa shape index (κ1) is 21.3. The highest BCUT2D eigenvalue weighted by Crippen LogP contribution is 2.20. The van der Waals surface area contributed by atoms with E-state index in [1.165, 1.54) is 16.2 Å². The van der Waals surface area contributed by atoms with Crippen LogP contribution in [0.4, 0.5) is 0 Å². The molecule has 8 heteroatoms. The zero-order valence-corrected chi connectivity index (χ0v) is 18.8. The predicted octanol–water partition coefficient (Wildman–Crippen LogP) is 5.19. The largest absolute Gasteiger partial charge is 0.486 e. The van der Waals surface area contributed by atoms with Crippen LogP contribution in [-0.2, 0) is 29.1 Å². The van der Waals surface area contributed by atoms with Crippen molar-refractivity contribution in [2.45, 2.75) is 38.5 Å². The molecule has 0 spiro atoms. The molecule has 158 valence electrons. The quantitative estimate of drug-likeness (QED) is 0.439. The topological polar surface area (TPSA) is 51.7 Å². The van der Waals surface area contributed by atoms with Crippen molar-refractivity contribution in [2.24, 2.45) is 0 Å². The Hall–Kier alpha value is -1.93. The van der Waals surface area contributed by atoms with Gasteiger partial charge in [-0.1, -0.05) is 17.7 Å². The first-order chi connectivity index (χ1) is 14.7. The van der Waals surface area contributed by atoms with Crippen LogP contribution >= 0.6 is 34.3 Å². The molecule has 0 aliphatic carbocycles. The van der Waals surface area contributed by atoms with E-state index >= 15 is 0 Å². The highest BCUT2D eigenvalue weighted by molar-refractivity contribution is 7.10. The SMILES string of the molecule is O=C(Cc1csc(COc2ccc(Cl)cc2)n1)N(Cc1cccs1)CC1CCCO1. The molecule has 1 saturated heterocycles. The Morgan fingerprint density at radius 3 is 2.87 bits per heavy atom. The summed E-state index contributed by atoms with van der Waals surface area (Å²) in [5, 5.41) is 5.50. The Morgan fingerprint density at radius 2 is 2.13 bits per heavy atom. The molecule has 1 unspecified atom stereocenters. The van der Waals surface area contributed by atoms with Gasteiger partial charge in [-0.3, -0.25) is 4.79 Å². The Kier molecular flexibility index (Phi) is 7.38. The number of halogens is 1. The summed E-state index contributed by atoms with van der Waals surface area (Å²) in [6.45, 7) is 2.41. The number of benzene rings is 1. The lowest BCUT2D eigenvalue weighted by Gasteiger charge is -2.25. The molecular formula is C22H23ClN2O3S2. The van der Waals surface area contributed by atoms with Crippen molar-refractivity contribution in [3.8, 4) is 5.75 Å². The van der Waals surface area contributed by atoms with Gasteiger partial charge in [-0.25, -0.2) is 4.98 Å². The summed E-state index contributed by atoms with van der Waals surface area (Å²) < 4.78 is 11.5. The lowest BCUT2D eigenvalue weighted by Crippen LogP contribution is -2.37. The van der Waals surface area contributed by atoms with Crippen LogP contribution in [0.1, 0.15) is 28.4 Å². The number of ether oxygens (including phenoxy) is 2. The van der Waals surface area contributed by atoms with Gasteiger partial charge in [0.1, 0.15) is 17.4 Å². The monoisotopic (exact) mass is 462 g/mol. The molecule has 1 fully saturated rings. The zero-order valence-electron chi connectivity index (χ0n) is 16.5. The molecule has 4 rings (SSSR count). The number of thiazole rings is 1. The van der Waals surface area contributed by atoms with Crippen LogP contribution in [0.15, 0.2) is 47.2 Å². The molecule has 0 N–H and O–H groups in total. The summed E-state index contributed by atoms with van der Waals surface area (Å²) in [5.41, 5.74) is 0.781. The van der Waals surface area contributed by atoms with E-state index < -0.39 is 0 Å². The first-order valence-corrected chi connectivity index (χ1v) is 12.0. The normalized spacial score (nSPS) is 16.0. The van der Waals surface area contributed by atoms with Gasteiger partial charge in [0.05, 0.1) is 24.8 Å². The van der Waals surface area contributed by atoms with E-state index in [0.717, 1.165) is 35.9 Å². The second-order valence-corrected chi connectivity index (χ2v) is 9.55. The van der Waals surface area contributed by atoms with Gasteiger partial charge in [0.15, 0.2) is 0 Å². The number of nitrogens with zero attached hydrogens (tertiary/aromatic N) is 2. The number of amides is 1. The average Bonchev–Trinajstić information content (AvgIpc) is 3.51. The van der Waals surface area contributed by atoms with Crippen LogP contribution in [0.2, 0.25) is 5.02 Å². The number of hydrogen-bond acceptors (Lipinski definition) is 6. The molecule has 0 bridgehead atoms. The summed E-state index contributed by atoms with van der Waals surface area (Å²) >= 11 is 9.07. The predicted molar refractivity (Wildman–Crippen MR) is 120 cm³/mol. The first-order valence-electron chi connectivity index (χ1n) is 9.89. The number of carbonyl (C=O) groups excluding carboxylic acids is 1. The molecule has 1 aliphatic rings. The van der Waals surface area contributed by atoms with Crippen molar-refractivity contribution in [1.82, 2.24) is 9.88 Å². The van der Waals surface area contributed by atoms with Crippen molar-refractivity contribution < 1.29 is 14.3 Å². The summed E-state index contributed by atoms with van der Waals surface area (Å²) in [6.07, 6.45) is 2.49. The fourth-order valence-corrected chi connectivity index (χ4v) is 4.87. The van der Waals surface area contributed by atoms with E-state index in [-0.39, 0.29) is 18.4 Å². The van der Waals surface area contributed by atoms with Gasteiger partial charge in [-0.05, 0) is 48.6 Å². The van der Waals surface area contributed by atoms with Crippen LogP contribution in [0, 0.1) is 0 Å². The van der Waals surface area contributed by atoms with Crippen LogP contribution < -0.4 is 4.74 Å². The van der Waals surface area contributed by atoms with Gasteiger partial charge < -0.3 is 14.4 Å². The molecule has 0 radical (unpaired) electrons. The van der Waals surface area contributed by atoms with Crippen LogP contribution in [0.5, 0.6) is 5.75 Å². The van der Waals surface area contributed by atoms with Crippen LogP contribution in [0.25, 0.3) is 0 Å². The van der Waals surface area contributed by atoms with Gasteiger partial charge in [0.2, 0.25) is 5.91 Å². The molecule has 3 aromatic rings. The van der Waals surface area contributed by atoms with Crippen molar-refractivity contribution in [2.75, 3.05) is 13.2 Å². The Morgan fingerprint density at radius 1 is 1.27 bits per heavy atom. The third-order valence-electron chi connectivity index (χ3n) is 4.84. The van der Waals surface area contributed by atoms with Crippen LogP contribution in [-0.4, -0.2) is 35.0 Å². The second-order valence-electron chi connectivity index (χ2n) is 7.14. The standard InChI is InChI=1S/C22H23ClN2O3S2/c23-16-5-7-18(8-6-16)28-14-21-24-17(15-30-21)11-22(26)25(12-19-3-1-9-27-19)13-20-4-2-10-29-20/h2,4-8,10,15,19H,1,3,9,11-14H2. The highest BCUT2D eigenvalue weighted by Gasteiger charge is 2.23. The maximum absolute atomic E-state index is 13.0. The number of aromatic nitrogens is 1. The third kappa shape index (κ3) is 6.04. The van der Waals surface area contributed by atoms with Crippen molar-refractivity contribution in [3.05, 3.63) is 67.8 Å². The number of rotatable bonds is 9. The van der Waals surface area contributed by atoms with E-state index in [9.17, 15) is 4.79 Å².